The molecular weight excluding hydrogens is 316 g/mol. The first-order valence-electron chi connectivity index (χ1n) is 9.03. The number of ketones is 1. The van der Waals surface area contributed by atoms with Crippen LogP contribution in [0, 0.1) is 5.92 Å². The second-order valence-corrected chi connectivity index (χ2v) is 7.55. The van der Waals surface area contributed by atoms with E-state index in [1.807, 2.05) is 31.2 Å². The van der Waals surface area contributed by atoms with Crippen LogP contribution in [0.2, 0.25) is 0 Å². The van der Waals surface area contributed by atoms with Crippen molar-refractivity contribution in [2.24, 2.45) is 5.92 Å². The fourth-order valence-corrected chi connectivity index (χ4v) is 5.80. The van der Waals surface area contributed by atoms with E-state index in [9.17, 15) is 9.59 Å². The van der Waals surface area contributed by atoms with E-state index in [0.717, 1.165) is 37.2 Å². The van der Waals surface area contributed by atoms with Crippen molar-refractivity contribution >= 4 is 17.4 Å². The zero-order valence-electron chi connectivity index (χ0n) is 14.6. The number of para-hydroxylation sites is 1. The highest BCUT2D eigenvalue weighted by atomic mass is 16.5. The average molecular weight is 338 g/mol. The van der Waals surface area contributed by atoms with Gasteiger partial charge in [-0.05, 0) is 31.9 Å². The molecule has 0 unspecified atom stereocenters. The first kappa shape index (κ1) is 15.1. The Morgan fingerprint density at radius 3 is 2.92 bits per heavy atom. The Bertz CT molecular complexity index is 817. The van der Waals surface area contributed by atoms with Gasteiger partial charge in [0.05, 0.1) is 7.11 Å². The molecule has 3 saturated heterocycles. The van der Waals surface area contributed by atoms with Gasteiger partial charge < -0.3 is 9.64 Å². The molecule has 1 aromatic carbocycles. The Labute approximate surface area is 147 Å². The summed E-state index contributed by atoms with van der Waals surface area (Å²) in [5.74, 6) is 0.0720. The van der Waals surface area contributed by atoms with Crippen LogP contribution in [0.15, 0.2) is 35.9 Å². The molecule has 4 heterocycles. The molecular formula is C20H22N2O3. The number of allylic oxidation sites excluding steroid dienone is 1. The molecule has 3 fully saturated rings. The number of hydrogen-bond donors (Lipinski definition) is 0. The van der Waals surface area contributed by atoms with Gasteiger partial charge in [-0.2, -0.15) is 0 Å². The second kappa shape index (κ2) is 4.94. The Balaban J connectivity index is 1.77. The zero-order valence-corrected chi connectivity index (χ0v) is 14.6. The van der Waals surface area contributed by atoms with Crippen LogP contribution in [-0.2, 0) is 9.53 Å². The summed E-state index contributed by atoms with van der Waals surface area (Å²) in [6.45, 7) is 3.81. The van der Waals surface area contributed by atoms with Crippen molar-refractivity contribution in [2.75, 3.05) is 25.1 Å². The standard InChI is InChI=1S/C20H22N2O3/c1-3-12-11-21-9-8-20-16(21)10-14(12)17(19(24)25-2)22(20)15-7-5-4-6-13(15)18(20)23/h3-7,14,16-17H,8-11H2,1-2H3/b12-3+/t14-,16-,17-,20+/m1/s1. The molecule has 0 amide bonds. The minimum Gasteiger partial charge on any atom is -0.467 e. The molecule has 5 rings (SSSR count). The van der Waals surface area contributed by atoms with E-state index in [1.165, 1.54) is 12.7 Å². The van der Waals surface area contributed by atoms with E-state index < -0.39 is 11.6 Å². The lowest BCUT2D eigenvalue weighted by Crippen LogP contribution is -2.71. The van der Waals surface area contributed by atoms with Crippen LogP contribution in [0.1, 0.15) is 30.1 Å². The molecule has 2 bridgehead atoms. The van der Waals surface area contributed by atoms with Crippen molar-refractivity contribution in [1.29, 1.82) is 0 Å². The zero-order chi connectivity index (χ0) is 17.3. The van der Waals surface area contributed by atoms with E-state index in [2.05, 4.69) is 15.9 Å². The van der Waals surface area contributed by atoms with Crippen LogP contribution in [0.25, 0.3) is 0 Å². The number of anilines is 1. The van der Waals surface area contributed by atoms with Crippen LogP contribution in [0.4, 0.5) is 5.69 Å². The summed E-state index contributed by atoms with van der Waals surface area (Å²) in [5.41, 5.74) is 2.35. The van der Waals surface area contributed by atoms with E-state index in [-0.39, 0.29) is 23.7 Å². The molecule has 5 heteroatoms. The van der Waals surface area contributed by atoms with Gasteiger partial charge in [-0.3, -0.25) is 9.69 Å². The molecule has 4 aliphatic heterocycles. The van der Waals surface area contributed by atoms with Crippen LogP contribution in [-0.4, -0.2) is 54.5 Å². The van der Waals surface area contributed by atoms with Crippen LogP contribution in [0.3, 0.4) is 0 Å². The van der Waals surface area contributed by atoms with Gasteiger partial charge in [0.25, 0.3) is 0 Å². The van der Waals surface area contributed by atoms with Gasteiger partial charge in [0.15, 0.2) is 5.78 Å². The monoisotopic (exact) mass is 338 g/mol. The number of hydrogen-bond acceptors (Lipinski definition) is 5. The highest BCUT2D eigenvalue weighted by Gasteiger charge is 2.68. The Morgan fingerprint density at radius 1 is 1.36 bits per heavy atom. The number of esters is 1. The van der Waals surface area contributed by atoms with Gasteiger partial charge in [0.1, 0.15) is 11.6 Å². The smallest absolute Gasteiger partial charge is 0.329 e. The molecule has 0 radical (unpaired) electrons. The van der Waals surface area contributed by atoms with Gasteiger partial charge >= 0.3 is 5.97 Å². The number of Topliss-reactive ketones (excluding diaryl/α,β-unsaturated/α-hetero) is 1. The maximum Gasteiger partial charge on any atom is 0.329 e. The first-order chi connectivity index (χ1) is 12.1. The third kappa shape index (κ3) is 1.62. The molecule has 4 aliphatic rings. The second-order valence-electron chi connectivity index (χ2n) is 7.55. The number of carbonyl (C=O) groups excluding carboxylic acids is 2. The number of fused-ring (bicyclic) bond motifs is 3. The van der Waals surface area contributed by atoms with Gasteiger partial charge in [-0.1, -0.05) is 23.8 Å². The third-order valence-corrected chi connectivity index (χ3v) is 6.82. The van der Waals surface area contributed by atoms with Crippen molar-refractivity contribution in [2.45, 2.75) is 37.4 Å². The predicted molar refractivity (Wildman–Crippen MR) is 93.6 cm³/mol. The SMILES string of the molecule is C/C=C1\CN2CC[C@]34C(=O)c5ccccc5N3[C@@H](C(=O)OC)[C@@H]1C[C@@H]24. The Kier molecular flexibility index (Phi) is 2.99. The summed E-state index contributed by atoms with van der Waals surface area (Å²) in [6.07, 6.45) is 3.78. The number of piperidine rings is 2. The van der Waals surface area contributed by atoms with Gasteiger partial charge in [0, 0.05) is 36.3 Å². The molecule has 5 nitrogen and oxygen atoms in total. The van der Waals surface area contributed by atoms with Crippen molar-refractivity contribution in [3.8, 4) is 0 Å². The highest BCUT2D eigenvalue weighted by Crippen LogP contribution is 2.56. The average Bonchev–Trinajstić information content (AvgIpc) is 3.16. The summed E-state index contributed by atoms with van der Waals surface area (Å²) in [6, 6.07) is 7.52. The number of nitrogens with zero attached hydrogens (tertiary/aromatic N) is 2. The largest absolute Gasteiger partial charge is 0.467 e. The molecule has 0 saturated carbocycles. The predicted octanol–water partition coefficient (Wildman–Crippen LogP) is 2.02. The van der Waals surface area contributed by atoms with Gasteiger partial charge in [-0.15, -0.1) is 0 Å². The maximum absolute atomic E-state index is 13.5. The fourth-order valence-electron chi connectivity index (χ4n) is 5.80. The minimum absolute atomic E-state index is 0.115. The van der Waals surface area contributed by atoms with Crippen LogP contribution >= 0.6 is 0 Å². The number of benzene rings is 1. The highest BCUT2D eigenvalue weighted by molar-refractivity contribution is 6.16. The summed E-state index contributed by atoms with van der Waals surface area (Å²) in [7, 11) is 1.45. The van der Waals surface area contributed by atoms with Gasteiger partial charge in [-0.25, -0.2) is 4.79 Å². The summed E-state index contributed by atoms with van der Waals surface area (Å²) in [5, 5.41) is 0. The van der Waals surface area contributed by atoms with Crippen LogP contribution in [0.5, 0.6) is 0 Å². The lowest BCUT2D eigenvalue weighted by atomic mass is 9.69. The number of ether oxygens (including phenoxy) is 1. The maximum atomic E-state index is 13.5. The number of methoxy groups -OCH3 is 1. The van der Waals surface area contributed by atoms with Gasteiger partial charge in [0.2, 0.25) is 0 Å². The molecule has 130 valence electrons. The topological polar surface area (TPSA) is 49.9 Å². The van der Waals surface area contributed by atoms with Crippen molar-refractivity contribution in [3.63, 3.8) is 0 Å². The minimum atomic E-state index is -0.599. The third-order valence-electron chi connectivity index (χ3n) is 6.82. The summed E-state index contributed by atoms with van der Waals surface area (Å²) in [4.78, 5) is 30.9. The molecule has 4 atom stereocenters. The summed E-state index contributed by atoms with van der Waals surface area (Å²) < 4.78 is 5.20. The van der Waals surface area contributed by atoms with E-state index in [0.29, 0.717) is 0 Å². The molecule has 25 heavy (non-hydrogen) atoms. The number of carbonyl (C=O) groups is 2. The van der Waals surface area contributed by atoms with Crippen LogP contribution < -0.4 is 4.90 Å². The molecule has 1 aromatic rings. The molecule has 0 aromatic heterocycles. The lowest BCUT2D eigenvalue weighted by Gasteiger charge is -2.55. The molecule has 1 spiro atoms. The summed E-state index contributed by atoms with van der Waals surface area (Å²) >= 11 is 0. The van der Waals surface area contributed by atoms with E-state index in [1.54, 1.807) is 0 Å². The van der Waals surface area contributed by atoms with E-state index in [4.69, 9.17) is 4.74 Å². The Hall–Kier alpha value is -2.14. The number of rotatable bonds is 1. The molecule has 0 aliphatic carbocycles. The normalized spacial score (nSPS) is 37.2. The van der Waals surface area contributed by atoms with Crippen molar-refractivity contribution in [1.82, 2.24) is 4.90 Å². The lowest BCUT2D eigenvalue weighted by molar-refractivity contribution is -0.145. The van der Waals surface area contributed by atoms with Crippen molar-refractivity contribution in [3.05, 3.63) is 41.5 Å². The Morgan fingerprint density at radius 2 is 2.16 bits per heavy atom. The fraction of sp³-hybridized carbons (Fsp3) is 0.500. The molecule has 0 N–H and O–H groups in total. The van der Waals surface area contributed by atoms with Crippen molar-refractivity contribution < 1.29 is 14.3 Å². The quantitative estimate of drug-likeness (QED) is 0.579. The first-order valence-corrected chi connectivity index (χ1v) is 9.03. The van der Waals surface area contributed by atoms with E-state index >= 15 is 0 Å².